The van der Waals surface area contributed by atoms with E-state index in [2.05, 4.69) is 20.9 Å². The van der Waals surface area contributed by atoms with Gasteiger partial charge in [-0.2, -0.15) is 0 Å². The molecular formula is C14H8BrNOS. The third-order valence-electron chi connectivity index (χ3n) is 2.69. The summed E-state index contributed by atoms with van der Waals surface area (Å²) in [4.78, 5) is 16.5. The molecule has 0 aliphatic rings. The molecule has 4 heteroatoms. The quantitative estimate of drug-likeness (QED) is 0.660. The molecule has 3 rings (SSSR count). The van der Waals surface area contributed by atoms with Gasteiger partial charge in [-0.25, -0.2) is 0 Å². The molecule has 2 nitrogen and oxygen atoms in total. The number of pyridine rings is 1. The molecule has 1 aromatic carbocycles. The van der Waals surface area contributed by atoms with E-state index >= 15 is 0 Å². The van der Waals surface area contributed by atoms with Gasteiger partial charge in [-0.15, -0.1) is 11.3 Å². The first-order chi connectivity index (χ1) is 8.74. The Morgan fingerprint density at radius 1 is 1.17 bits per heavy atom. The molecule has 2 heterocycles. The Morgan fingerprint density at radius 2 is 2.06 bits per heavy atom. The zero-order valence-corrected chi connectivity index (χ0v) is 11.7. The maximum absolute atomic E-state index is 12.3. The molecule has 0 amide bonds. The van der Waals surface area contributed by atoms with Crippen LogP contribution in [0.25, 0.3) is 10.9 Å². The van der Waals surface area contributed by atoms with Gasteiger partial charge in [0.25, 0.3) is 0 Å². The minimum absolute atomic E-state index is 0.0442. The highest BCUT2D eigenvalue weighted by Crippen LogP contribution is 2.23. The molecule has 0 saturated heterocycles. The summed E-state index contributed by atoms with van der Waals surface area (Å²) in [5.74, 6) is 0.0442. The summed E-state index contributed by atoms with van der Waals surface area (Å²) < 4.78 is 0.966. The van der Waals surface area contributed by atoms with Crippen molar-refractivity contribution in [3.63, 3.8) is 0 Å². The number of hydrogen-bond donors (Lipinski definition) is 0. The van der Waals surface area contributed by atoms with Crippen molar-refractivity contribution in [2.45, 2.75) is 0 Å². The number of hydrogen-bond acceptors (Lipinski definition) is 3. The summed E-state index contributed by atoms with van der Waals surface area (Å²) in [5.41, 5.74) is 2.32. The van der Waals surface area contributed by atoms with Crippen LogP contribution in [0.3, 0.4) is 0 Å². The van der Waals surface area contributed by atoms with Crippen molar-refractivity contribution in [3.05, 3.63) is 62.9 Å². The van der Waals surface area contributed by atoms with Gasteiger partial charge in [0, 0.05) is 28.1 Å². The first-order valence-corrected chi connectivity index (χ1v) is 7.05. The van der Waals surface area contributed by atoms with Gasteiger partial charge in [0.1, 0.15) is 0 Å². The van der Waals surface area contributed by atoms with Crippen LogP contribution in [0.2, 0.25) is 0 Å². The van der Waals surface area contributed by atoms with E-state index in [4.69, 9.17) is 0 Å². The Hall–Kier alpha value is -1.52. The first kappa shape index (κ1) is 11.6. The van der Waals surface area contributed by atoms with Crippen LogP contribution in [-0.2, 0) is 0 Å². The summed E-state index contributed by atoms with van der Waals surface area (Å²) in [6, 6.07) is 11.3. The van der Waals surface area contributed by atoms with Gasteiger partial charge in [0.2, 0.25) is 0 Å². The van der Waals surface area contributed by atoms with Gasteiger partial charge in [0.15, 0.2) is 5.78 Å². The highest BCUT2D eigenvalue weighted by atomic mass is 79.9. The Morgan fingerprint density at radius 3 is 2.83 bits per heavy atom. The van der Waals surface area contributed by atoms with Gasteiger partial charge >= 0.3 is 0 Å². The van der Waals surface area contributed by atoms with Gasteiger partial charge in [0.05, 0.1) is 9.30 Å². The summed E-state index contributed by atoms with van der Waals surface area (Å²) in [6.45, 7) is 0. The second-order valence-electron chi connectivity index (χ2n) is 3.88. The smallest absolute Gasteiger partial charge is 0.193 e. The van der Waals surface area contributed by atoms with Crippen LogP contribution in [0.4, 0.5) is 0 Å². The molecule has 0 spiro atoms. The van der Waals surface area contributed by atoms with E-state index in [-0.39, 0.29) is 5.78 Å². The van der Waals surface area contributed by atoms with Gasteiger partial charge in [-0.1, -0.05) is 6.07 Å². The largest absolute Gasteiger partial charge is 0.289 e. The zero-order chi connectivity index (χ0) is 12.5. The molecule has 0 bridgehead atoms. The lowest BCUT2D eigenvalue weighted by atomic mass is 10.0. The van der Waals surface area contributed by atoms with E-state index in [1.807, 2.05) is 41.8 Å². The molecule has 2 aromatic heterocycles. The van der Waals surface area contributed by atoms with E-state index in [1.165, 1.54) is 11.3 Å². The Labute approximate surface area is 116 Å². The molecule has 0 aliphatic heterocycles. The second kappa shape index (κ2) is 4.63. The fourth-order valence-electron chi connectivity index (χ4n) is 1.81. The number of ketones is 1. The third kappa shape index (κ3) is 2.09. The molecule has 0 atom stereocenters. The number of nitrogens with zero attached hydrogens (tertiary/aromatic N) is 1. The lowest BCUT2D eigenvalue weighted by Gasteiger charge is -2.01. The van der Waals surface area contributed by atoms with Crippen LogP contribution >= 0.6 is 27.3 Å². The standard InChI is InChI=1S/C14H8BrNOS/c15-13-7-11(8-18-13)14(17)10-3-4-12-9(6-10)2-1-5-16-12/h1-8H. The SMILES string of the molecule is O=C(c1csc(Br)c1)c1ccc2ncccc2c1. The van der Waals surface area contributed by atoms with Crippen LogP contribution in [-0.4, -0.2) is 10.8 Å². The van der Waals surface area contributed by atoms with Crippen LogP contribution in [0.5, 0.6) is 0 Å². The predicted octanol–water partition coefficient (Wildman–Crippen LogP) is 4.29. The second-order valence-corrected chi connectivity index (χ2v) is 6.17. The third-order valence-corrected chi connectivity index (χ3v) is 4.20. The normalized spacial score (nSPS) is 10.7. The maximum atomic E-state index is 12.3. The number of carbonyl (C=O) groups excluding carboxylic acids is 1. The molecule has 3 aromatic rings. The maximum Gasteiger partial charge on any atom is 0.193 e. The number of rotatable bonds is 2. The van der Waals surface area contributed by atoms with E-state index in [0.717, 1.165) is 20.3 Å². The average molecular weight is 318 g/mol. The van der Waals surface area contributed by atoms with Crippen molar-refractivity contribution in [3.8, 4) is 0 Å². The highest BCUT2D eigenvalue weighted by molar-refractivity contribution is 9.11. The number of aromatic nitrogens is 1. The van der Waals surface area contributed by atoms with E-state index in [1.54, 1.807) is 6.20 Å². The van der Waals surface area contributed by atoms with Crippen molar-refractivity contribution in [2.24, 2.45) is 0 Å². The summed E-state index contributed by atoms with van der Waals surface area (Å²) in [5, 5.41) is 2.84. The fraction of sp³-hybridized carbons (Fsp3) is 0. The summed E-state index contributed by atoms with van der Waals surface area (Å²) in [7, 11) is 0. The zero-order valence-electron chi connectivity index (χ0n) is 9.26. The Kier molecular flexibility index (Phi) is 2.97. The summed E-state index contributed by atoms with van der Waals surface area (Å²) >= 11 is 4.88. The number of halogens is 1. The minimum Gasteiger partial charge on any atom is -0.289 e. The van der Waals surface area contributed by atoms with E-state index < -0.39 is 0 Å². The van der Waals surface area contributed by atoms with Gasteiger partial charge < -0.3 is 0 Å². The average Bonchev–Trinajstić information content (AvgIpc) is 2.84. The van der Waals surface area contributed by atoms with Crippen LogP contribution in [0, 0.1) is 0 Å². The fourth-order valence-corrected chi connectivity index (χ4v) is 2.95. The van der Waals surface area contributed by atoms with Crippen molar-refractivity contribution < 1.29 is 4.79 Å². The lowest BCUT2D eigenvalue weighted by molar-refractivity contribution is 0.103. The predicted molar refractivity (Wildman–Crippen MR) is 77.2 cm³/mol. The molecule has 18 heavy (non-hydrogen) atoms. The Bertz CT molecular complexity index is 735. The molecule has 0 unspecified atom stereocenters. The lowest BCUT2D eigenvalue weighted by Crippen LogP contribution is -1.99. The first-order valence-electron chi connectivity index (χ1n) is 5.37. The number of carbonyl (C=O) groups is 1. The van der Waals surface area contributed by atoms with Gasteiger partial charge in [-0.3, -0.25) is 9.78 Å². The van der Waals surface area contributed by atoms with Crippen LogP contribution < -0.4 is 0 Å². The Balaban J connectivity index is 2.06. The van der Waals surface area contributed by atoms with Gasteiger partial charge in [-0.05, 0) is 46.3 Å². The number of thiophene rings is 1. The molecule has 0 saturated carbocycles. The van der Waals surface area contributed by atoms with Crippen molar-refractivity contribution in [1.29, 1.82) is 0 Å². The molecule has 0 fully saturated rings. The topological polar surface area (TPSA) is 30.0 Å². The highest BCUT2D eigenvalue weighted by Gasteiger charge is 2.11. The molecule has 88 valence electrons. The van der Waals surface area contributed by atoms with Crippen molar-refractivity contribution >= 4 is 44.0 Å². The van der Waals surface area contributed by atoms with Crippen LogP contribution in [0.15, 0.2) is 51.8 Å². The molecule has 0 radical (unpaired) electrons. The molecule has 0 N–H and O–H groups in total. The van der Waals surface area contributed by atoms with Crippen molar-refractivity contribution in [1.82, 2.24) is 4.98 Å². The van der Waals surface area contributed by atoms with Crippen molar-refractivity contribution in [2.75, 3.05) is 0 Å². The molecule has 0 aliphatic carbocycles. The summed E-state index contributed by atoms with van der Waals surface area (Å²) in [6.07, 6.45) is 1.75. The number of benzene rings is 1. The molecular weight excluding hydrogens is 310 g/mol. The van der Waals surface area contributed by atoms with E-state index in [9.17, 15) is 4.79 Å². The van der Waals surface area contributed by atoms with E-state index in [0.29, 0.717) is 5.56 Å². The number of fused-ring (bicyclic) bond motifs is 1. The minimum atomic E-state index is 0.0442. The van der Waals surface area contributed by atoms with Crippen LogP contribution in [0.1, 0.15) is 15.9 Å². The monoisotopic (exact) mass is 317 g/mol.